The molecule has 0 spiro atoms. The minimum Gasteiger partial charge on any atom is -0.326 e. The third-order valence-corrected chi connectivity index (χ3v) is 4.15. The molecule has 7 heteroatoms. The normalized spacial score (nSPS) is 11.2. The van der Waals surface area contributed by atoms with Crippen LogP contribution in [0.5, 0.6) is 0 Å². The van der Waals surface area contributed by atoms with Gasteiger partial charge in [0.2, 0.25) is 5.96 Å². The van der Waals surface area contributed by atoms with E-state index in [4.69, 9.17) is 11.6 Å². The number of pyridine rings is 1. The second kappa shape index (κ2) is 9.10. The summed E-state index contributed by atoms with van der Waals surface area (Å²) in [6.45, 7) is 2.18. The number of rotatable bonds is 4. The van der Waals surface area contributed by atoms with Crippen LogP contribution < -0.4 is 10.6 Å². The number of aromatic nitrogens is 1. The summed E-state index contributed by atoms with van der Waals surface area (Å²) >= 11 is 6.08. The molecule has 0 unspecified atom stereocenters. The number of nitrogens with one attached hydrogen (secondary N) is 2. The van der Waals surface area contributed by atoms with Crippen molar-refractivity contribution < 1.29 is 9.18 Å². The first-order valence-electron chi connectivity index (χ1n) is 8.56. The number of halogens is 2. The highest BCUT2D eigenvalue weighted by atomic mass is 35.5. The van der Waals surface area contributed by atoms with Crippen LogP contribution in [0.1, 0.15) is 21.6 Å². The number of anilines is 1. The Morgan fingerprint density at radius 1 is 1.14 bits per heavy atom. The molecule has 3 aromatic rings. The lowest BCUT2D eigenvalue weighted by Crippen LogP contribution is -2.36. The van der Waals surface area contributed by atoms with Gasteiger partial charge >= 0.3 is 0 Å². The molecule has 0 atom stereocenters. The molecule has 0 saturated carbocycles. The van der Waals surface area contributed by atoms with E-state index >= 15 is 0 Å². The average Bonchev–Trinajstić information content (AvgIpc) is 2.70. The van der Waals surface area contributed by atoms with Crippen molar-refractivity contribution in [3.63, 3.8) is 0 Å². The Hall–Kier alpha value is -3.25. The Morgan fingerprint density at radius 3 is 2.64 bits per heavy atom. The number of aliphatic imine (C=N–C) groups is 1. The maximum atomic E-state index is 13.1. The van der Waals surface area contributed by atoms with Gasteiger partial charge in [0, 0.05) is 22.5 Å². The van der Waals surface area contributed by atoms with Crippen molar-refractivity contribution in [1.29, 1.82) is 0 Å². The standard InChI is InChI=1S/C21H18ClFN4O/c1-14-5-8-16(22)12-19(14)26-21(25-13-18-4-2-3-11-24-18)27-20(28)15-6-9-17(23)10-7-15/h2-12H,13H2,1H3,(H2,25,26,27,28). The van der Waals surface area contributed by atoms with Gasteiger partial charge in [-0.1, -0.05) is 23.7 Å². The fourth-order valence-corrected chi connectivity index (χ4v) is 2.57. The summed E-state index contributed by atoms with van der Waals surface area (Å²) in [4.78, 5) is 21.2. The molecular weight excluding hydrogens is 379 g/mol. The number of guanidine groups is 1. The van der Waals surface area contributed by atoms with E-state index in [1.165, 1.54) is 24.3 Å². The van der Waals surface area contributed by atoms with E-state index in [9.17, 15) is 9.18 Å². The van der Waals surface area contributed by atoms with E-state index < -0.39 is 11.7 Å². The predicted molar refractivity (Wildman–Crippen MR) is 109 cm³/mol. The second-order valence-corrected chi connectivity index (χ2v) is 6.47. The Kier molecular flexibility index (Phi) is 6.34. The molecule has 2 N–H and O–H groups in total. The van der Waals surface area contributed by atoms with Gasteiger partial charge in [-0.05, 0) is 61.0 Å². The summed E-state index contributed by atoms with van der Waals surface area (Å²) < 4.78 is 13.1. The van der Waals surface area contributed by atoms with E-state index in [-0.39, 0.29) is 12.5 Å². The lowest BCUT2D eigenvalue weighted by Gasteiger charge is -2.14. The largest absolute Gasteiger partial charge is 0.326 e. The first-order chi connectivity index (χ1) is 13.5. The highest BCUT2D eigenvalue weighted by Gasteiger charge is 2.11. The lowest BCUT2D eigenvalue weighted by atomic mass is 10.2. The quantitative estimate of drug-likeness (QED) is 0.501. The van der Waals surface area contributed by atoms with Gasteiger partial charge in [0.15, 0.2) is 0 Å². The number of hydrogen-bond acceptors (Lipinski definition) is 3. The highest BCUT2D eigenvalue weighted by Crippen LogP contribution is 2.20. The number of carbonyl (C=O) groups is 1. The molecule has 0 aliphatic carbocycles. The Balaban J connectivity index is 1.83. The minimum absolute atomic E-state index is 0.241. The zero-order valence-corrected chi connectivity index (χ0v) is 15.9. The summed E-state index contributed by atoms with van der Waals surface area (Å²) in [5, 5.41) is 6.38. The van der Waals surface area contributed by atoms with Crippen LogP contribution in [0.4, 0.5) is 10.1 Å². The van der Waals surface area contributed by atoms with Gasteiger partial charge in [-0.15, -0.1) is 0 Å². The number of nitrogens with zero attached hydrogens (tertiary/aromatic N) is 2. The lowest BCUT2D eigenvalue weighted by molar-refractivity contribution is 0.0977. The summed E-state index contributed by atoms with van der Waals surface area (Å²) in [7, 11) is 0. The molecule has 3 rings (SSSR count). The van der Waals surface area contributed by atoms with Crippen LogP contribution in [0.15, 0.2) is 71.9 Å². The van der Waals surface area contributed by atoms with Crippen LogP contribution >= 0.6 is 11.6 Å². The molecule has 1 amide bonds. The third-order valence-electron chi connectivity index (χ3n) is 3.92. The van der Waals surface area contributed by atoms with Gasteiger partial charge in [-0.3, -0.25) is 15.1 Å². The number of aryl methyl sites for hydroxylation is 1. The van der Waals surface area contributed by atoms with Crippen LogP contribution in [0, 0.1) is 12.7 Å². The fraction of sp³-hybridized carbons (Fsp3) is 0.0952. The van der Waals surface area contributed by atoms with Gasteiger partial charge in [0.1, 0.15) is 5.82 Å². The maximum Gasteiger partial charge on any atom is 0.257 e. The van der Waals surface area contributed by atoms with Crippen molar-refractivity contribution >= 4 is 29.2 Å². The zero-order valence-electron chi connectivity index (χ0n) is 15.1. The van der Waals surface area contributed by atoms with E-state index in [0.29, 0.717) is 16.3 Å². The molecule has 0 radical (unpaired) electrons. The Morgan fingerprint density at radius 2 is 1.93 bits per heavy atom. The smallest absolute Gasteiger partial charge is 0.257 e. The first-order valence-corrected chi connectivity index (χ1v) is 8.93. The summed E-state index contributed by atoms with van der Waals surface area (Å²) in [6.07, 6.45) is 1.68. The molecule has 5 nitrogen and oxygen atoms in total. The van der Waals surface area contributed by atoms with Crippen molar-refractivity contribution in [2.45, 2.75) is 13.5 Å². The Labute approximate surface area is 167 Å². The Bertz CT molecular complexity index is 991. The molecule has 142 valence electrons. The summed E-state index contributed by atoms with van der Waals surface area (Å²) in [5.41, 5.74) is 2.72. The minimum atomic E-state index is -0.410. The van der Waals surface area contributed by atoms with Gasteiger partial charge < -0.3 is 5.32 Å². The molecule has 0 fully saturated rings. The molecular formula is C21H18ClFN4O. The fourth-order valence-electron chi connectivity index (χ4n) is 2.40. The topological polar surface area (TPSA) is 66.4 Å². The number of benzene rings is 2. The summed E-state index contributed by atoms with van der Waals surface area (Å²) in [5.74, 6) is -0.578. The highest BCUT2D eigenvalue weighted by molar-refractivity contribution is 6.31. The number of amides is 1. The van der Waals surface area contributed by atoms with Gasteiger partial charge in [-0.25, -0.2) is 9.38 Å². The monoisotopic (exact) mass is 396 g/mol. The maximum absolute atomic E-state index is 13.1. The molecule has 28 heavy (non-hydrogen) atoms. The number of hydrogen-bond donors (Lipinski definition) is 2. The van der Waals surface area contributed by atoms with Crippen molar-refractivity contribution in [1.82, 2.24) is 10.3 Å². The van der Waals surface area contributed by atoms with Crippen LogP contribution in [0.3, 0.4) is 0 Å². The van der Waals surface area contributed by atoms with Crippen molar-refractivity contribution in [3.8, 4) is 0 Å². The van der Waals surface area contributed by atoms with Crippen LogP contribution in [0.25, 0.3) is 0 Å². The number of carbonyl (C=O) groups excluding carboxylic acids is 1. The van der Waals surface area contributed by atoms with Crippen molar-refractivity contribution in [3.05, 3.63) is 94.5 Å². The molecule has 1 heterocycles. The average molecular weight is 397 g/mol. The van der Waals surface area contributed by atoms with Crippen LogP contribution in [0.2, 0.25) is 5.02 Å². The molecule has 0 saturated heterocycles. The first kappa shape index (κ1) is 19.5. The predicted octanol–water partition coefficient (Wildman–Crippen LogP) is 4.58. The molecule has 1 aromatic heterocycles. The molecule has 0 aliphatic heterocycles. The zero-order chi connectivity index (χ0) is 19.9. The van der Waals surface area contributed by atoms with Crippen LogP contribution in [-0.2, 0) is 6.54 Å². The van der Waals surface area contributed by atoms with Gasteiger partial charge in [0.25, 0.3) is 5.91 Å². The SMILES string of the molecule is Cc1ccc(Cl)cc1NC(=NCc1ccccn1)NC(=O)c1ccc(F)cc1. The van der Waals surface area contributed by atoms with Gasteiger partial charge in [0.05, 0.1) is 12.2 Å². The molecule has 2 aromatic carbocycles. The second-order valence-electron chi connectivity index (χ2n) is 6.03. The van der Waals surface area contributed by atoms with Crippen LogP contribution in [-0.4, -0.2) is 16.9 Å². The molecule has 0 aliphatic rings. The third kappa shape index (κ3) is 5.37. The van der Waals surface area contributed by atoms with E-state index in [1.807, 2.05) is 31.2 Å². The van der Waals surface area contributed by atoms with E-state index in [1.54, 1.807) is 18.3 Å². The van der Waals surface area contributed by atoms with E-state index in [2.05, 4.69) is 20.6 Å². The van der Waals surface area contributed by atoms with E-state index in [0.717, 1.165) is 11.3 Å². The van der Waals surface area contributed by atoms with Gasteiger partial charge in [-0.2, -0.15) is 0 Å². The van der Waals surface area contributed by atoms with Crippen molar-refractivity contribution in [2.75, 3.05) is 5.32 Å². The van der Waals surface area contributed by atoms with Crippen molar-refractivity contribution in [2.24, 2.45) is 4.99 Å². The summed E-state index contributed by atoms with van der Waals surface area (Å²) in [6, 6.07) is 16.2. The molecule has 0 bridgehead atoms.